The maximum Gasteiger partial charge on any atom is 0.123 e. The zero-order valence-corrected chi connectivity index (χ0v) is 16.1. The highest BCUT2D eigenvalue weighted by molar-refractivity contribution is 5.98. The van der Waals surface area contributed by atoms with Gasteiger partial charge in [0.1, 0.15) is 23.0 Å². The largest absolute Gasteiger partial charge is 0.497 e. The minimum Gasteiger partial charge on any atom is -0.497 e. The molecule has 0 spiro atoms. The van der Waals surface area contributed by atoms with Crippen LogP contribution in [-0.2, 0) is 0 Å². The molecule has 0 aliphatic rings. The van der Waals surface area contributed by atoms with Gasteiger partial charge in [-0.3, -0.25) is 0 Å². The first-order valence-electron chi connectivity index (χ1n) is 9.06. The van der Waals surface area contributed by atoms with E-state index >= 15 is 0 Å². The third kappa shape index (κ3) is 3.90. The lowest BCUT2D eigenvalue weighted by Gasteiger charge is -2.10. The Kier molecular flexibility index (Phi) is 5.13. The van der Waals surface area contributed by atoms with Crippen molar-refractivity contribution in [3.8, 4) is 34.5 Å². The number of methoxy groups -OCH3 is 2. The maximum atomic E-state index is 13.7. The van der Waals surface area contributed by atoms with E-state index in [4.69, 9.17) is 9.47 Å². The molecule has 0 atom stereocenters. The average Bonchev–Trinajstić information content (AvgIpc) is 2.77. The Hall–Kier alpha value is -3.84. The van der Waals surface area contributed by atoms with E-state index in [0.717, 1.165) is 39.0 Å². The van der Waals surface area contributed by atoms with E-state index in [1.807, 2.05) is 48.5 Å². The highest BCUT2D eigenvalue weighted by atomic mass is 19.1. The molecule has 142 valence electrons. The molecule has 0 amide bonds. The quantitative estimate of drug-likeness (QED) is 0.440. The Labute approximate surface area is 168 Å². The van der Waals surface area contributed by atoms with Crippen LogP contribution in [-0.4, -0.2) is 19.2 Å². The van der Waals surface area contributed by atoms with Crippen LogP contribution in [0.25, 0.3) is 21.9 Å². The van der Waals surface area contributed by atoms with Crippen molar-refractivity contribution < 1.29 is 13.9 Å². The summed E-state index contributed by atoms with van der Waals surface area (Å²) in [5.74, 6) is 7.57. The smallest absolute Gasteiger partial charge is 0.123 e. The summed E-state index contributed by atoms with van der Waals surface area (Å²) < 4.78 is 24.2. The molecule has 0 saturated carbocycles. The number of hydrogen-bond donors (Lipinski definition) is 0. The van der Waals surface area contributed by atoms with Gasteiger partial charge in [0.25, 0.3) is 0 Å². The lowest BCUT2D eigenvalue weighted by Crippen LogP contribution is -1.93. The van der Waals surface area contributed by atoms with Gasteiger partial charge in [0.05, 0.1) is 14.2 Å². The van der Waals surface area contributed by atoms with Crippen LogP contribution in [0.2, 0.25) is 0 Å². The van der Waals surface area contributed by atoms with Crippen molar-refractivity contribution in [2.24, 2.45) is 0 Å². The van der Waals surface area contributed by atoms with Crippen LogP contribution < -0.4 is 9.47 Å². The van der Waals surface area contributed by atoms with Gasteiger partial charge in [-0.1, -0.05) is 24.1 Å². The summed E-state index contributed by atoms with van der Waals surface area (Å²) in [6.07, 6.45) is 1.66. The van der Waals surface area contributed by atoms with E-state index in [0.29, 0.717) is 5.69 Å². The second-order valence-electron chi connectivity index (χ2n) is 6.42. The first kappa shape index (κ1) is 18.5. The highest BCUT2D eigenvalue weighted by Gasteiger charge is 2.11. The fraction of sp³-hybridized carbons (Fsp3) is 0.0800. The molecule has 29 heavy (non-hydrogen) atoms. The highest BCUT2D eigenvalue weighted by Crippen LogP contribution is 2.32. The van der Waals surface area contributed by atoms with Crippen LogP contribution in [0.5, 0.6) is 11.5 Å². The van der Waals surface area contributed by atoms with E-state index in [2.05, 4.69) is 16.8 Å². The van der Waals surface area contributed by atoms with Gasteiger partial charge in [-0.25, -0.2) is 9.37 Å². The predicted octanol–water partition coefficient (Wildman–Crippen LogP) is 5.46. The molecular formula is C25H18FNO2. The van der Waals surface area contributed by atoms with E-state index in [1.54, 1.807) is 26.5 Å². The number of aromatic nitrogens is 1. The fourth-order valence-corrected chi connectivity index (χ4v) is 3.14. The third-order valence-electron chi connectivity index (χ3n) is 4.65. The van der Waals surface area contributed by atoms with Crippen LogP contribution in [0, 0.1) is 17.7 Å². The van der Waals surface area contributed by atoms with Gasteiger partial charge in [-0.05, 0) is 65.4 Å². The van der Waals surface area contributed by atoms with Crippen molar-refractivity contribution >= 4 is 10.8 Å². The van der Waals surface area contributed by atoms with E-state index in [9.17, 15) is 4.39 Å². The van der Waals surface area contributed by atoms with Crippen LogP contribution in [0.4, 0.5) is 4.39 Å². The second-order valence-corrected chi connectivity index (χ2v) is 6.42. The number of hydrogen-bond acceptors (Lipinski definition) is 3. The Morgan fingerprint density at radius 2 is 1.45 bits per heavy atom. The molecule has 4 heteroatoms. The molecule has 4 rings (SSSR count). The van der Waals surface area contributed by atoms with E-state index < -0.39 is 0 Å². The van der Waals surface area contributed by atoms with Crippen LogP contribution in [0.15, 0.2) is 72.9 Å². The number of halogens is 1. The van der Waals surface area contributed by atoms with Crippen molar-refractivity contribution in [2.45, 2.75) is 0 Å². The Balaban J connectivity index is 1.86. The van der Waals surface area contributed by atoms with Crippen molar-refractivity contribution in [1.82, 2.24) is 4.98 Å². The second kappa shape index (κ2) is 8.04. The zero-order valence-electron chi connectivity index (χ0n) is 16.1. The summed E-state index contributed by atoms with van der Waals surface area (Å²) in [5, 5.41) is 1.62. The monoisotopic (exact) mass is 383 g/mol. The van der Waals surface area contributed by atoms with Gasteiger partial charge in [0, 0.05) is 22.7 Å². The van der Waals surface area contributed by atoms with Gasteiger partial charge in [0.2, 0.25) is 0 Å². The standard InChI is InChI=1S/C25H18FNO2/c1-28-21-9-3-17(4-10-21)5-14-24-25(18-6-11-22(29-2)12-7-18)23-13-8-20(26)15-19(23)16-27-24/h3-4,6-13,15-16H,1-2H3. The number of fused-ring (bicyclic) bond motifs is 1. The van der Waals surface area contributed by atoms with Crippen LogP contribution in [0.1, 0.15) is 11.3 Å². The number of benzene rings is 3. The molecule has 0 radical (unpaired) electrons. The molecule has 0 aliphatic carbocycles. The summed E-state index contributed by atoms with van der Waals surface area (Å²) in [6.45, 7) is 0. The normalized spacial score (nSPS) is 10.3. The van der Waals surface area contributed by atoms with Gasteiger partial charge in [-0.15, -0.1) is 0 Å². The molecule has 0 unspecified atom stereocenters. The molecule has 0 fully saturated rings. The van der Waals surface area contributed by atoms with Gasteiger partial charge in [-0.2, -0.15) is 0 Å². The fourth-order valence-electron chi connectivity index (χ4n) is 3.14. The van der Waals surface area contributed by atoms with Gasteiger partial charge in [0.15, 0.2) is 0 Å². The molecule has 1 heterocycles. The average molecular weight is 383 g/mol. The molecule has 0 aliphatic heterocycles. The number of nitrogens with zero attached hydrogens (tertiary/aromatic N) is 1. The Morgan fingerprint density at radius 3 is 2.10 bits per heavy atom. The molecule has 0 N–H and O–H groups in total. The molecule has 4 aromatic rings. The maximum absolute atomic E-state index is 13.7. The molecule has 3 nitrogen and oxygen atoms in total. The minimum atomic E-state index is -0.294. The summed E-state index contributed by atoms with van der Waals surface area (Å²) >= 11 is 0. The number of ether oxygens (including phenoxy) is 2. The van der Waals surface area contributed by atoms with E-state index in [-0.39, 0.29) is 5.82 Å². The summed E-state index contributed by atoms with van der Waals surface area (Å²) in [4.78, 5) is 4.52. The van der Waals surface area contributed by atoms with Crippen molar-refractivity contribution in [2.75, 3.05) is 14.2 Å². The SMILES string of the molecule is COc1ccc(C#Cc2ncc3cc(F)ccc3c2-c2ccc(OC)cc2)cc1. The third-order valence-corrected chi connectivity index (χ3v) is 4.65. The Morgan fingerprint density at radius 1 is 0.793 bits per heavy atom. The van der Waals surface area contributed by atoms with E-state index in [1.165, 1.54) is 12.1 Å². The molecule has 0 bridgehead atoms. The van der Waals surface area contributed by atoms with Gasteiger partial charge < -0.3 is 9.47 Å². The van der Waals surface area contributed by atoms with Crippen molar-refractivity contribution in [1.29, 1.82) is 0 Å². The zero-order chi connectivity index (χ0) is 20.2. The predicted molar refractivity (Wildman–Crippen MR) is 113 cm³/mol. The first-order chi connectivity index (χ1) is 14.2. The van der Waals surface area contributed by atoms with Crippen molar-refractivity contribution in [3.05, 3.63) is 90.0 Å². The van der Waals surface area contributed by atoms with Gasteiger partial charge >= 0.3 is 0 Å². The molecule has 0 saturated heterocycles. The lowest BCUT2D eigenvalue weighted by atomic mass is 9.97. The molecular weight excluding hydrogens is 365 g/mol. The van der Waals surface area contributed by atoms with Crippen molar-refractivity contribution in [3.63, 3.8) is 0 Å². The summed E-state index contributed by atoms with van der Waals surface area (Å²) in [6, 6.07) is 19.9. The number of rotatable bonds is 3. The lowest BCUT2D eigenvalue weighted by molar-refractivity contribution is 0.414. The summed E-state index contributed by atoms with van der Waals surface area (Å²) in [5.41, 5.74) is 3.29. The minimum absolute atomic E-state index is 0.294. The first-order valence-corrected chi connectivity index (χ1v) is 9.06. The van der Waals surface area contributed by atoms with Crippen LogP contribution in [0.3, 0.4) is 0 Å². The molecule has 3 aromatic carbocycles. The topological polar surface area (TPSA) is 31.4 Å². The summed E-state index contributed by atoms with van der Waals surface area (Å²) in [7, 11) is 3.26. The van der Waals surface area contributed by atoms with Crippen LogP contribution >= 0.6 is 0 Å². The molecule has 1 aromatic heterocycles. The number of pyridine rings is 1. The Bertz CT molecular complexity index is 1220.